The van der Waals surface area contributed by atoms with E-state index in [4.69, 9.17) is 9.47 Å². The zero-order valence-corrected chi connectivity index (χ0v) is 18.0. The number of benzene rings is 2. The molecule has 0 spiro atoms. The summed E-state index contributed by atoms with van der Waals surface area (Å²) in [6.45, 7) is 3.91. The second kappa shape index (κ2) is 9.80. The number of nitro benzene ring substituents is 2. The fraction of sp³-hybridized carbons (Fsp3) is 0.333. The van der Waals surface area contributed by atoms with Gasteiger partial charge in [-0.15, -0.1) is 0 Å². The molecule has 178 valence electrons. The molecular weight excluding hydrogens is 450 g/mol. The molecule has 34 heavy (non-hydrogen) atoms. The zero-order chi connectivity index (χ0) is 24.2. The van der Waals surface area contributed by atoms with Gasteiger partial charge in [0, 0.05) is 50.1 Å². The molecule has 0 bridgehead atoms. The number of hydrogen-bond acceptors (Lipinski definition) is 9. The fourth-order valence-electron chi connectivity index (χ4n) is 3.73. The van der Waals surface area contributed by atoms with Crippen molar-refractivity contribution in [1.29, 1.82) is 0 Å². The number of nitrogens with one attached hydrogen (secondary N) is 1. The second-order valence-electron chi connectivity index (χ2n) is 7.68. The maximum absolute atomic E-state index is 12.6. The number of rotatable bonds is 7. The van der Waals surface area contributed by atoms with Crippen molar-refractivity contribution < 1.29 is 28.9 Å². The largest absolute Gasteiger partial charge is 0.481 e. The number of fused-ring (bicyclic) bond motifs is 1. The quantitative estimate of drug-likeness (QED) is 0.470. The highest BCUT2D eigenvalue weighted by Crippen LogP contribution is 2.35. The van der Waals surface area contributed by atoms with Crippen molar-refractivity contribution >= 4 is 34.6 Å². The van der Waals surface area contributed by atoms with Crippen LogP contribution in [0.25, 0.3) is 0 Å². The number of ether oxygens (including phenoxy) is 2. The number of hydrogen-bond donors (Lipinski definition) is 1. The summed E-state index contributed by atoms with van der Waals surface area (Å²) in [5.74, 6) is -0.548. The molecule has 1 N–H and O–H groups in total. The summed E-state index contributed by atoms with van der Waals surface area (Å²) in [7, 11) is 0. The van der Waals surface area contributed by atoms with Crippen molar-refractivity contribution in [2.75, 3.05) is 56.2 Å². The van der Waals surface area contributed by atoms with Gasteiger partial charge in [-0.2, -0.15) is 0 Å². The van der Waals surface area contributed by atoms with E-state index in [0.717, 1.165) is 31.3 Å². The number of amides is 2. The predicted molar refractivity (Wildman–Crippen MR) is 119 cm³/mol. The molecule has 2 aromatic rings. The van der Waals surface area contributed by atoms with Gasteiger partial charge in [-0.05, 0) is 12.1 Å². The Labute approximate surface area is 193 Å². The SMILES string of the molecule is O=C(Nc1ccc2c(c1)OCC(=O)N2CCN1CCOCC1)c1cc([N+](=O)[O-])cc([N+](=O)[O-])c1. The molecule has 2 amide bonds. The van der Waals surface area contributed by atoms with E-state index in [0.29, 0.717) is 43.4 Å². The van der Waals surface area contributed by atoms with Crippen LogP contribution in [-0.4, -0.2) is 72.6 Å². The highest BCUT2D eigenvalue weighted by molar-refractivity contribution is 6.06. The molecule has 2 aliphatic heterocycles. The monoisotopic (exact) mass is 471 g/mol. The minimum Gasteiger partial charge on any atom is -0.481 e. The Balaban J connectivity index is 1.50. The normalized spacial score (nSPS) is 15.9. The Bertz CT molecular complexity index is 1120. The molecule has 0 atom stereocenters. The van der Waals surface area contributed by atoms with Crippen LogP contribution in [0.15, 0.2) is 36.4 Å². The number of nitro groups is 2. The summed E-state index contributed by atoms with van der Waals surface area (Å²) >= 11 is 0. The van der Waals surface area contributed by atoms with E-state index in [1.807, 2.05) is 0 Å². The number of anilines is 2. The number of carbonyl (C=O) groups excluding carboxylic acids is 2. The minimum atomic E-state index is -0.807. The number of carbonyl (C=O) groups is 2. The molecule has 2 aliphatic rings. The van der Waals surface area contributed by atoms with Crippen molar-refractivity contribution in [2.45, 2.75) is 0 Å². The van der Waals surface area contributed by atoms with Gasteiger partial charge >= 0.3 is 0 Å². The van der Waals surface area contributed by atoms with Crippen LogP contribution >= 0.6 is 0 Å². The van der Waals surface area contributed by atoms with E-state index in [1.165, 1.54) is 6.07 Å². The lowest BCUT2D eigenvalue weighted by Crippen LogP contribution is -2.45. The predicted octanol–water partition coefficient (Wildman–Crippen LogP) is 1.81. The summed E-state index contributed by atoms with van der Waals surface area (Å²) in [6, 6.07) is 7.44. The van der Waals surface area contributed by atoms with Crippen molar-refractivity contribution in [3.8, 4) is 5.75 Å². The molecule has 4 rings (SSSR count). The topological polar surface area (TPSA) is 157 Å². The van der Waals surface area contributed by atoms with E-state index >= 15 is 0 Å². The molecule has 2 aromatic carbocycles. The summed E-state index contributed by atoms with van der Waals surface area (Å²) in [5, 5.41) is 24.7. The van der Waals surface area contributed by atoms with Gasteiger partial charge in [0.2, 0.25) is 0 Å². The van der Waals surface area contributed by atoms with E-state index in [2.05, 4.69) is 10.2 Å². The van der Waals surface area contributed by atoms with Crippen LogP contribution in [0.2, 0.25) is 0 Å². The molecule has 0 radical (unpaired) electrons. The number of nitrogens with zero attached hydrogens (tertiary/aromatic N) is 4. The van der Waals surface area contributed by atoms with Crippen LogP contribution in [0.3, 0.4) is 0 Å². The van der Waals surface area contributed by atoms with E-state index in [1.54, 1.807) is 17.0 Å². The highest BCUT2D eigenvalue weighted by atomic mass is 16.6. The second-order valence-corrected chi connectivity index (χ2v) is 7.68. The van der Waals surface area contributed by atoms with E-state index in [-0.39, 0.29) is 18.1 Å². The number of non-ortho nitro benzene ring substituents is 2. The van der Waals surface area contributed by atoms with Gasteiger partial charge in [0.25, 0.3) is 23.2 Å². The molecule has 0 unspecified atom stereocenters. The van der Waals surface area contributed by atoms with Crippen molar-refractivity contribution in [3.63, 3.8) is 0 Å². The summed E-state index contributed by atoms with van der Waals surface area (Å²) < 4.78 is 10.9. The van der Waals surface area contributed by atoms with Crippen molar-refractivity contribution in [2.24, 2.45) is 0 Å². The maximum Gasteiger partial charge on any atom is 0.277 e. The molecule has 2 heterocycles. The lowest BCUT2D eigenvalue weighted by atomic mass is 10.1. The first-order valence-corrected chi connectivity index (χ1v) is 10.4. The summed E-state index contributed by atoms with van der Waals surface area (Å²) in [5.41, 5.74) is -0.499. The summed E-state index contributed by atoms with van der Waals surface area (Å²) in [6.07, 6.45) is 0. The van der Waals surface area contributed by atoms with Gasteiger partial charge < -0.3 is 19.7 Å². The first kappa shape index (κ1) is 23.1. The van der Waals surface area contributed by atoms with Crippen LogP contribution in [0.5, 0.6) is 5.75 Å². The van der Waals surface area contributed by atoms with Gasteiger partial charge in [0.1, 0.15) is 5.75 Å². The van der Waals surface area contributed by atoms with Crippen LogP contribution in [0.4, 0.5) is 22.7 Å². The van der Waals surface area contributed by atoms with Gasteiger partial charge in [-0.25, -0.2) is 0 Å². The minimum absolute atomic E-state index is 0.148. The zero-order valence-electron chi connectivity index (χ0n) is 18.0. The van der Waals surface area contributed by atoms with Crippen LogP contribution in [0, 0.1) is 20.2 Å². The van der Waals surface area contributed by atoms with Crippen LogP contribution < -0.4 is 15.0 Å². The van der Waals surface area contributed by atoms with Gasteiger partial charge in [-0.3, -0.25) is 34.7 Å². The smallest absolute Gasteiger partial charge is 0.277 e. The van der Waals surface area contributed by atoms with Crippen LogP contribution in [0.1, 0.15) is 10.4 Å². The average molecular weight is 471 g/mol. The lowest BCUT2D eigenvalue weighted by Gasteiger charge is -2.33. The Morgan fingerprint density at radius 1 is 1.00 bits per heavy atom. The van der Waals surface area contributed by atoms with E-state index < -0.39 is 27.1 Å². The Morgan fingerprint density at radius 2 is 1.68 bits per heavy atom. The standard InChI is InChI=1S/C21H21N5O8/c27-20-13-34-19-11-15(1-2-18(19)24(20)4-3-23-5-7-33-8-6-23)22-21(28)14-9-16(25(29)30)12-17(10-14)26(31)32/h1-2,9-12H,3-8,13H2,(H,22,28). The third kappa shape index (κ3) is 5.10. The van der Waals surface area contributed by atoms with Crippen molar-refractivity contribution in [1.82, 2.24) is 4.90 Å². The third-order valence-corrected chi connectivity index (χ3v) is 5.49. The molecule has 13 nitrogen and oxygen atoms in total. The van der Waals surface area contributed by atoms with Crippen molar-refractivity contribution in [3.05, 3.63) is 62.2 Å². The number of morpholine rings is 1. The van der Waals surface area contributed by atoms with E-state index in [9.17, 15) is 29.8 Å². The molecule has 0 aliphatic carbocycles. The molecule has 0 saturated carbocycles. The Kier molecular flexibility index (Phi) is 6.65. The van der Waals surface area contributed by atoms with Crippen LogP contribution in [-0.2, 0) is 9.53 Å². The summed E-state index contributed by atoms with van der Waals surface area (Å²) in [4.78, 5) is 49.4. The first-order chi connectivity index (χ1) is 16.3. The maximum atomic E-state index is 12.6. The molecule has 0 aromatic heterocycles. The van der Waals surface area contributed by atoms with Gasteiger partial charge in [-0.1, -0.05) is 0 Å². The highest BCUT2D eigenvalue weighted by Gasteiger charge is 2.27. The molecule has 1 fully saturated rings. The lowest BCUT2D eigenvalue weighted by molar-refractivity contribution is -0.394. The van der Waals surface area contributed by atoms with Gasteiger partial charge in [0.05, 0.1) is 40.4 Å². The Hall–Kier alpha value is -4.10. The average Bonchev–Trinajstić information content (AvgIpc) is 2.83. The molecule has 1 saturated heterocycles. The Morgan fingerprint density at radius 3 is 2.32 bits per heavy atom. The molecular formula is C21H21N5O8. The van der Waals surface area contributed by atoms with Gasteiger partial charge in [0.15, 0.2) is 6.61 Å². The molecule has 13 heteroatoms. The first-order valence-electron chi connectivity index (χ1n) is 10.4. The fourth-order valence-corrected chi connectivity index (χ4v) is 3.73. The third-order valence-electron chi connectivity index (χ3n) is 5.49.